The monoisotopic (exact) mass is 611 g/mol. The molecule has 1 aliphatic rings. The molecule has 0 bridgehead atoms. The van der Waals surface area contributed by atoms with Crippen molar-refractivity contribution in [1.29, 1.82) is 0 Å². The molecule has 0 spiro atoms. The number of piperidine rings is 1. The Balaban J connectivity index is 0.00000220. The first-order valence-electron chi connectivity index (χ1n) is 15.1. The Hall–Kier alpha value is -4.05. The van der Waals surface area contributed by atoms with E-state index in [9.17, 15) is 18.8 Å². The van der Waals surface area contributed by atoms with Crippen molar-refractivity contribution >= 4 is 28.6 Å². The summed E-state index contributed by atoms with van der Waals surface area (Å²) in [6.45, 7) is 4.34. The zero-order valence-corrected chi connectivity index (χ0v) is 25.8. The van der Waals surface area contributed by atoms with E-state index < -0.39 is 11.5 Å². The van der Waals surface area contributed by atoms with Crippen LogP contribution >= 0.6 is 0 Å². The van der Waals surface area contributed by atoms with Crippen molar-refractivity contribution in [3.05, 3.63) is 83.9 Å². The van der Waals surface area contributed by atoms with Crippen molar-refractivity contribution in [3.8, 4) is 0 Å². The van der Waals surface area contributed by atoms with Gasteiger partial charge in [-0.1, -0.05) is 72.8 Å². The second kappa shape index (κ2) is 18.6. The molecule has 4 rings (SSSR count). The van der Waals surface area contributed by atoms with Gasteiger partial charge in [-0.05, 0) is 67.5 Å². The molecule has 0 aliphatic carbocycles. The summed E-state index contributed by atoms with van der Waals surface area (Å²) in [5, 5.41) is 11.0. The number of unbranched alkanes of at least 4 members (excludes halogenated alkanes) is 1. The number of benzene rings is 3. The summed E-state index contributed by atoms with van der Waals surface area (Å²) >= 11 is 0. The molecular formula is C34H47F2N5O3. The number of nitrogens with one attached hydrogen (secondary N) is 3. The second-order valence-corrected chi connectivity index (χ2v) is 11.0. The Bertz CT molecular complexity index is 1330. The van der Waals surface area contributed by atoms with E-state index >= 15 is 0 Å². The van der Waals surface area contributed by atoms with Crippen LogP contribution in [0.1, 0.15) is 43.7 Å². The zero-order valence-electron chi connectivity index (χ0n) is 25.8. The summed E-state index contributed by atoms with van der Waals surface area (Å²) in [6, 6.07) is 23.0. The lowest BCUT2D eigenvalue weighted by atomic mass is 9.74. The van der Waals surface area contributed by atoms with Gasteiger partial charge in [0.25, 0.3) is 0 Å². The van der Waals surface area contributed by atoms with Gasteiger partial charge in [-0.2, -0.15) is 0 Å². The molecule has 4 amide bonds. The summed E-state index contributed by atoms with van der Waals surface area (Å²) in [4.78, 5) is 42.3. The quantitative estimate of drug-likeness (QED) is 0.226. The average molecular weight is 612 g/mol. The minimum absolute atomic E-state index is 0. The lowest BCUT2D eigenvalue weighted by Crippen LogP contribution is -2.59. The van der Waals surface area contributed by atoms with Crippen molar-refractivity contribution in [2.75, 3.05) is 39.9 Å². The number of nitrogens with zero attached hydrogens (tertiary/aromatic N) is 1. The number of amides is 4. The highest BCUT2D eigenvalue weighted by atomic mass is 19.1. The van der Waals surface area contributed by atoms with Crippen molar-refractivity contribution in [2.45, 2.75) is 51.5 Å². The summed E-state index contributed by atoms with van der Waals surface area (Å²) in [5.41, 5.74) is 6.87. The fourth-order valence-electron chi connectivity index (χ4n) is 5.77. The van der Waals surface area contributed by atoms with Gasteiger partial charge in [0, 0.05) is 32.6 Å². The molecule has 10 heteroatoms. The maximum Gasteiger partial charge on any atom is 0.315 e. The van der Waals surface area contributed by atoms with Gasteiger partial charge in [0.05, 0.1) is 12.6 Å². The van der Waals surface area contributed by atoms with Gasteiger partial charge in [0.1, 0.15) is 6.04 Å². The summed E-state index contributed by atoms with van der Waals surface area (Å²) in [5.74, 6) is -0.199. The van der Waals surface area contributed by atoms with Crippen LogP contribution < -0.4 is 21.7 Å². The predicted octanol–water partition coefficient (Wildman–Crippen LogP) is 4.51. The van der Waals surface area contributed by atoms with E-state index in [2.05, 4.69) is 28.1 Å². The first-order valence-corrected chi connectivity index (χ1v) is 15.1. The van der Waals surface area contributed by atoms with E-state index in [0.29, 0.717) is 65.6 Å². The molecule has 0 saturated carbocycles. The van der Waals surface area contributed by atoms with Crippen LogP contribution in [0.5, 0.6) is 0 Å². The second-order valence-electron chi connectivity index (χ2n) is 11.0. The van der Waals surface area contributed by atoms with Crippen LogP contribution in [0.2, 0.25) is 0 Å². The number of hydrogen-bond donors (Lipinski definition) is 4. The Morgan fingerprint density at radius 2 is 1.64 bits per heavy atom. The number of hydrogen-bond acceptors (Lipinski definition) is 4. The fourth-order valence-corrected chi connectivity index (χ4v) is 5.77. The normalized spacial score (nSPS) is 16.5. The molecule has 0 radical (unpaired) electrons. The van der Waals surface area contributed by atoms with Crippen LogP contribution in [-0.2, 0) is 22.4 Å². The maximum absolute atomic E-state index is 14.1. The van der Waals surface area contributed by atoms with Gasteiger partial charge in [0.15, 0.2) is 0 Å². The Morgan fingerprint density at radius 1 is 0.932 bits per heavy atom. The number of carbonyl (C=O) groups excluding carboxylic acids is 3. The molecular weight excluding hydrogens is 564 g/mol. The molecule has 3 aromatic carbocycles. The Morgan fingerprint density at radius 3 is 2.34 bits per heavy atom. The van der Waals surface area contributed by atoms with E-state index in [1.54, 1.807) is 4.90 Å². The SMILES string of the molecule is CCNC(=O)[C@]1(Cc2ccccc2)CCCN(C(=O)[C@@H](Cc2ccc3ccccc3c2)NC(=O)NCCCCN)C1.CF.F. The third-order valence-electron chi connectivity index (χ3n) is 7.87. The first kappa shape index (κ1) is 36.1. The summed E-state index contributed by atoms with van der Waals surface area (Å²) in [7, 11) is 0.500. The molecule has 2 atom stereocenters. The molecule has 1 aliphatic heterocycles. The molecule has 3 aromatic rings. The van der Waals surface area contributed by atoms with Gasteiger partial charge < -0.3 is 26.6 Å². The fraction of sp³-hybridized carbons (Fsp3) is 0.441. The Kier molecular flexibility index (Phi) is 15.3. The van der Waals surface area contributed by atoms with E-state index in [1.165, 1.54) is 0 Å². The molecule has 0 aromatic heterocycles. The number of likely N-dealkylation sites (tertiary alicyclic amines) is 1. The van der Waals surface area contributed by atoms with Crippen molar-refractivity contribution < 1.29 is 23.5 Å². The smallest absolute Gasteiger partial charge is 0.315 e. The van der Waals surface area contributed by atoms with Crippen LogP contribution in [0.25, 0.3) is 10.8 Å². The highest BCUT2D eigenvalue weighted by Gasteiger charge is 2.44. The zero-order chi connectivity index (χ0) is 31.1. The molecule has 8 nitrogen and oxygen atoms in total. The van der Waals surface area contributed by atoms with Crippen molar-refractivity contribution in [2.24, 2.45) is 11.1 Å². The van der Waals surface area contributed by atoms with Crippen LogP contribution in [0.3, 0.4) is 0 Å². The largest absolute Gasteiger partial charge is 0.356 e. The third kappa shape index (κ3) is 10.0. The van der Waals surface area contributed by atoms with Crippen molar-refractivity contribution in [3.63, 3.8) is 0 Å². The van der Waals surface area contributed by atoms with Crippen LogP contribution in [-0.4, -0.2) is 68.7 Å². The summed E-state index contributed by atoms with van der Waals surface area (Å²) < 4.78 is 9.50. The molecule has 1 fully saturated rings. The molecule has 240 valence electrons. The lowest BCUT2D eigenvalue weighted by molar-refractivity contribution is -0.142. The highest BCUT2D eigenvalue weighted by molar-refractivity contribution is 5.89. The average Bonchev–Trinajstić information content (AvgIpc) is 3.04. The van der Waals surface area contributed by atoms with Gasteiger partial charge in [-0.3, -0.25) is 18.7 Å². The molecule has 1 saturated heterocycles. The standard InChI is InChI=1S/C33H43N5O3.CH3F.FH/c1-2-35-31(40)33(23-25-11-4-3-5-12-25)17-10-20-38(24-33)30(39)29(37-32(41)36-19-9-8-18-34)22-26-15-16-27-13-6-7-14-28(27)21-26;1-2;/h3-7,11-16,21,29H,2,8-10,17-20,22-24,34H2,1H3,(H,35,40)(H2,36,37,41);1H3;1H/t29-,33+;;/m1../s1. The Labute approximate surface area is 259 Å². The molecule has 0 unspecified atom stereocenters. The first-order chi connectivity index (χ1) is 20.9. The minimum Gasteiger partial charge on any atom is -0.356 e. The minimum atomic E-state index is -0.771. The van der Waals surface area contributed by atoms with E-state index in [4.69, 9.17) is 5.73 Å². The number of nitrogens with two attached hydrogens (primary N) is 1. The highest BCUT2D eigenvalue weighted by Crippen LogP contribution is 2.35. The van der Waals surface area contributed by atoms with Gasteiger partial charge in [0.2, 0.25) is 11.8 Å². The predicted molar refractivity (Wildman–Crippen MR) is 173 cm³/mol. The maximum atomic E-state index is 14.1. The molecule has 44 heavy (non-hydrogen) atoms. The number of carbonyl (C=O) groups is 3. The number of fused-ring (bicyclic) bond motifs is 1. The number of alkyl halides is 1. The lowest BCUT2D eigenvalue weighted by Gasteiger charge is -2.43. The third-order valence-corrected chi connectivity index (χ3v) is 7.87. The van der Waals surface area contributed by atoms with E-state index in [-0.39, 0.29) is 22.5 Å². The van der Waals surface area contributed by atoms with E-state index in [0.717, 1.165) is 34.7 Å². The van der Waals surface area contributed by atoms with Gasteiger partial charge >= 0.3 is 6.03 Å². The summed E-state index contributed by atoms with van der Waals surface area (Å²) in [6.07, 6.45) is 3.90. The van der Waals surface area contributed by atoms with Gasteiger partial charge in [-0.25, -0.2) is 4.79 Å². The van der Waals surface area contributed by atoms with Crippen molar-refractivity contribution in [1.82, 2.24) is 20.9 Å². The van der Waals surface area contributed by atoms with Gasteiger partial charge in [-0.15, -0.1) is 0 Å². The topological polar surface area (TPSA) is 117 Å². The number of halogens is 2. The van der Waals surface area contributed by atoms with Crippen LogP contribution in [0, 0.1) is 5.41 Å². The van der Waals surface area contributed by atoms with Crippen LogP contribution in [0.15, 0.2) is 72.8 Å². The molecule has 1 heterocycles. The number of urea groups is 1. The van der Waals surface area contributed by atoms with E-state index in [1.807, 2.05) is 67.6 Å². The molecule has 5 N–H and O–H groups in total. The number of rotatable bonds is 12. The van der Waals surface area contributed by atoms with Crippen LogP contribution in [0.4, 0.5) is 13.9 Å².